The molecule has 2 aromatic rings. The number of likely N-dealkylation sites (tertiary alicyclic amines) is 1. The van der Waals surface area contributed by atoms with Gasteiger partial charge in [-0.25, -0.2) is 9.18 Å². The molecule has 176 valence electrons. The lowest BCUT2D eigenvalue weighted by Gasteiger charge is -2.26. The molecular weight excluding hydrogens is 429 g/mol. The summed E-state index contributed by atoms with van der Waals surface area (Å²) < 4.78 is 18.4. The first-order chi connectivity index (χ1) is 15.6. The molecule has 1 saturated heterocycles. The van der Waals surface area contributed by atoms with Gasteiger partial charge in [0.15, 0.2) is 0 Å². The van der Waals surface area contributed by atoms with Crippen LogP contribution in [0, 0.1) is 19.7 Å². The Morgan fingerprint density at radius 2 is 1.85 bits per heavy atom. The van der Waals surface area contributed by atoms with Crippen LogP contribution in [0.4, 0.5) is 4.39 Å². The lowest BCUT2D eigenvalue weighted by atomic mass is 9.94. The van der Waals surface area contributed by atoms with Gasteiger partial charge in [-0.1, -0.05) is 12.1 Å². The topological polar surface area (TPSA) is 103 Å². The van der Waals surface area contributed by atoms with E-state index in [1.165, 1.54) is 36.3 Å². The number of aryl methyl sites for hydroxylation is 1. The second kappa shape index (κ2) is 9.58. The van der Waals surface area contributed by atoms with Crippen LogP contribution in [0.15, 0.2) is 29.8 Å². The summed E-state index contributed by atoms with van der Waals surface area (Å²) in [6, 6.07) is 4.60. The summed E-state index contributed by atoms with van der Waals surface area (Å²) in [5.74, 6) is -3.02. The van der Waals surface area contributed by atoms with Gasteiger partial charge < -0.3 is 24.6 Å². The highest BCUT2D eigenvalue weighted by Gasteiger charge is 2.46. The normalized spacial score (nSPS) is 17.8. The third kappa shape index (κ3) is 4.54. The Hall–Kier alpha value is -3.46. The molecule has 1 fully saturated rings. The monoisotopic (exact) mass is 457 g/mol. The molecule has 8 nitrogen and oxygen atoms in total. The van der Waals surface area contributed by atoms with Gasteiger partial charge in [0.05, 0.1) is 18.7 Å². The van der Waals surface area contributed by atoms with E-state index in [4.69, 9.17) is 4.74 Å². The number of halogens is 1. The zero-order valence-electron chi connectivity index (χ0n) is 19.4. The van der Waals surface area contributed by atoms with Gasteiger partial charge >= 0.3 is 5.97 Å². The number of nitrogens with one attached hydrogen (secondary N) is 1. The van der Waals surface area contributed by atoms with Crippen LogP contribution < -0.4 is 0 Å². The summed E-state index contributed by atoms with van der Waals surface area (Å²) in [4.78, 5) is 44.4. The van der Waals surface area contributed by atoms with Crippen molar-refractivity contribution in [2.75, 3.05) is 34.3 Å². The van der Waals surface area contributed by atoms with Gasteiger partial charge in [-0.05, 0) is 64.2 Å². The van der Waals surface area contributed by atoms with E-state index in [2.05, 4.69) is 4.98 Å². The Morgan fingerprint density at radius 1 is 1.21 bits per heavy atom. The van der Waals surface area contributed by atoms with Crippen LogP contribution in [0.5, 0.6) is 0 Å². The minimum atomic E-state index is -0.886. The van der Waals surface area contributed by atoms with Gasteiger partial charge in [0.2, 0.25) is 0 Å². The van der Waals surface area contributed by atoms with E-state index in [1.807, 2.05) is 19.0 Å². The SMILES string of the molecule is COC(=O)c1[nH]c(C)c(C(O)=C2C(=O)C(=O)N(CCCN(C)C)[C@@H]2c2ccc(F)cc2)c1C. The Balaban J connectivity index is 2.17. The Bertz CT molecular complexity index is 1120. The number of H-pyrrole nitrogens is 1. The van der Waals surface area contributed by atoms with E-state index in [0.29, 0.717) is 29.8 Å². The Kier molecular flexibility index (Phi) is 7.02. The number of ketones is 1. The summed E-state index contributed by atoms with van der Waals surface area (Å²) in [6.07, 6.45) is 0.604. The highest BCUT2D eigenvalue weighted by atomic mass is 19.1. The molecule has 1 aromatic heterocycles. The van der Waals surface area contributed by atoms with Crippen molar-refractivity contribution in [1.29, 1.82) is 0 Å². The summed E-state index contributed by atoms with van der Waals surface area (Å²) in [7, 11) is 5.05. The number of esters is 1. The number of aromatic amines is 1. The van der Waals surface area contributed by atoms with E-state index in [-0.39, 0.29) is 29.1 Å². The first-order valence-corrected chi connectivity index (χ1v) is 10.5. The van der Waals surface area contributed by atoms with Crippen molar-refractivity contribution in [2.24, 2.45) is 0 Å². The third-order valence-electron chi connectivity index (χ3n) is 5.79. The maximum atomic E-state index is 13.6. The number of methoxy groups -OCH3 is 1. The van der Waals surface area contributed by atoms with Crippen molar-refractivity contribution < 1.29 is 28.6 Å². The first-order valence-electron chi connectivity index (χ1n) is 10.5. The molecular formula is C24H28FN3O5. The number of aromatic nitrogens is 1. The van der Waals surface area contributed by atoms with Crippen LogP contribution in [-0.2, 0) is 14.3 Å². The summed E-state index contributed by atoms with van der Waals surface area (Å²) >= 11 is 0. The largest absolute Gasteiger partial charge is 0.507 e. The predicted molar refractivity (Wildman–Crippen MR) is 120 cm³/mol. The van der Waals surface area contributed by atoms with Crippen molar-refractivity contribution in [1.82, 2.24) is 14.8 Å². The van der Waals surface area contributed by atoms with E-state index in [9.17, 15) is 23.9 Å². The number of rotatable bonds is 7. The molecule has 0 unspecified atom stereocenters. The maximum absolute atomic E-state index is 13.6. The fourth-order valence-corrected chi connectivity index (χ4v) is 4.21. The number of Topliss-reactive ketones (excluding diaryl/α,β-unsaturated/α-hetero) is 1. The van der Waals surface area contributed by atoms with Crippen LogP contribution in [0.1, 0.15) is 45.3 Å². The molecule has 1 aliphatic heterocycles. The third-order valence-corrected chi connectivity index (χ3v) is 5.79. The van der Waals surface area contributed by atoms with E-state index in [0.717, 1.165) is 0 Å². The molecule has 2 N–H and O–H groups in total. The summed E-state index contributed by atoms with van der Waals surface area (Å²) in [6.45, 7) is 4.23. The number of amides is 1. The van der Waals surface area contributed by atoms with Gasteiger partial charge in [0, 0.05) is 17.8 Å². The average molecular weight is 458 g/mol. The summed E-state index contributed by atoms with van der Waals surface area (Å²) in [5, 5.41) is 11.3. The van der Waals surface area contributed by atoms with Crippen LogP contribution in [0.25, 0.3) is 5.76 Å². The predicted octanol–water partition coefficient (Wildman–Crippen LogP) is 2.93. The lowest BCUT2D eigenvalue weighted by Crippen LogP contribution is -2.32. The molecule has 0 spiro atoms. The van der Waals surface area contributed by atoms with Gasteiger partial charge in [-0.15, -0.1) is 0 Å². The van der Waals surface area contributed by atoms with Crippen LogP contribution >= 0.6 is 0 Å². The molecule has 3 rings (SSSR count). The van der Waals surface area contributed by atoms with Crippen molar-refractivity contribution in [3.05, 3.63) is 63.7 Å². The minimum Gasteiger partial charge on any atom is -0.507 e. The number of hydrogen-bond donors (Lipinski definition) is 2. The van der Waals surface area contributed by atoms with Gasteiger partial charge in [0.1, 0.15) is 17.3 Å². The van der Waals surface area contributed by atoms with Crippen molar-refractivity contribution in [3.63, 3.8) is 0 Å². The molecule has 0 saturated carbocycles. The van der Waals surface area contributed by atoms with Gasteiger partial charge in [-0.3, -0.25) is 9.59 Å². The average Bonchev–Trinajstić information content (AvgIpc) is 3.20. The molecule has 0 radical (unpaired) electrons. The summed E-state index contributed by atoms with van der Waals surface area (Å²) in [5.41, 5.74) is 1.65. The molecule has 2 heterocycles. The van der Waals surface area contributed by atoms with Crippen molar-refractivity contribution in [3.8, 4) is 0 Å². The zero-order chi connectivity index (χ0) is 24.4. The Morgan fingerprint density at radius 3 is 2.42 bits per heavy atom. The molecule has 0 bridgehead atoms. The molecule has 0 aliphatic carbocycles. The molecule has 33 heavy (non-hydrogen) atoms. The zero-order valence-corrected chi connectivity index (χ0v) is 19.4. The molecule has 1 aliphatic rings. The van der Waals surface area contributed by atoms with E-state index < -0.39 is 29.5 Å². The van der Waals surface area contributed by atoms with Crippen LogP contribution in [-0.4, -0.2) is 71.8 Å². The number of nitrogens with zero attached hydrogens (tertiary/aromatic N) is 2. The number of benzene rings is 1. The molecule has 9 heteroatoms. The number of ether oxygens (including phenoxy) is 1. The molecule has 1 aromatic carbocycles. The number of carbonyl (C=O) groups is 3. The number of aliphatic hydroxyl groups excluding tert-OH is 1. The minimum absolute atomic E-state index is 0.0990. The van der Waals surface area contributed by atoms with Gasteiger partial charge in [-0.2, -0.15) is 0 Å². The van der Waals surface area contributed by atoms with Crippen molar-refractivity contribution in [2.45, 2.75) is 26.3 Å². The van der Waals surface area contributed by atoms with Crippen LogP contribution in [0.2, 0.25) is 0 Å². The Labute approximate surface area is 191 Å². The number of aliphatic hydroxyl groups is 1. The quantitative estimate of drug-likeness (QED) is 0.287. The van der Waals surface area contributed by atoms with Gasteiger partial charge in [0.25, 0.3) is 11.7 Å². The maximum Gasteiger partial charge on any atom is 0.354 e. The lowest BCUT2D eigenvalue weighted by molar-refractivity contribution is -0.139. The highest BCUT2D eigenvalue weighted by Crippen LogP contribution is 2.41. The highest BCUT2D eigenvalue weighted by molar-refractivity contribution is 6.46. The fraction of sp³-hybridized carbons (Fsp3) is 0.375. The second-order valence-corrected chi connectivity index (χ2v) is 8.32. The second-order valence-electron chi connectivity index (χ2n) is 8.32. The van der Waals surface area contributed by atoms with E-state index >= 15 is 0 Å². The standard InChI is InChI=1S/C24H28FN3O5/c1-13-17(14(2)26-19(13)24(32)33-5)21(29)18-20(15-7-9-16(25)10-8-15)28(23(31)22(18)30)12-6-11-27(3)4/h7-10,20,26,29H,6,11-12H2,1-5H3/t20-/m1/s1. The molecule has 1 amide bonds. The molecule has 1 atom stereocenters. The van der Waals surface area contributed by atoms with Crippen molar-refractivity contribution >= 4 is 23.4 Å². The smallest absolute Gasteiger partial charge is 0.354 e. The number of hydrogen-bond acceptors (Lipinski definition) is 6. The fourth-order valence-electron chi connectivity index (χ4n) is 4.21. The van der Waals surface area contributed by atoms with Crippen LogP contribution in [0.3, 0.4) is 0 Å². The number of carbonyl (C=O) groups excluding carboxylic acids is 3. The first kappa shape index (κ1) is 24.2. The van der Waals surface area contributed by atoms with E-state index in [1.54, 1.807) is 13.8 Å².